The molecule has 3 rings (SSSR count). The Hall–Kier alpha value is -2.76. The Morgan fingerprint density at radius 1 is 1.07 bits per heavy atom. The van der Waals surface area contributed by atoms with Gasteiger partial charge in [-0.2, -0.15) is 0 Å². The highest BCUT2D eigenvalue weighted by Crippen LogP contribution is 2.36. The van der Waals surface area contributed by atoms with Gasteiger partial charge < -0.3 is 9.64 Å². The lowest BCUT2D eigenvalue weighted by Gasteiger charge is -2.36. The quantitative estimate of drug-likeness (QED) is 0.809. The highest BCUT2D eigenvalue weighted by atomic mass is 19.1. The number of piperidine rings is 1. The molecule has 2 aromatic carbocycles. The van der Waals surface area contributed by atoms with Crippen molar-refractivity contribution in [2.45, 2.75) is 19.3 Å². The number of ether oxygens (including phenoxy) is 1. The highest BCUT2D eigenvalue weighted by Gasteiger charge is 2.37. The van der Waals surface area contributed by atoms with E-state index in [1.165, 1.54) is 29.2 Å². The summed E-state index contributed by atoms with van der Waals surface area (Å²) in [5, 5.41) is 0. The van der Waals surface area contributed by atoms with Crippen molar-refractivity contribution in [2.24, 2.45) is 5.92 Å². The molecule has 1 fully saturated rings. The standard InChI is InChI=1S/C21H21F2NO3/c1-2-27-21(26)24-12-11-19(25)18(13-24)20(14-3-7-16(22)8-4-14)15-5-9-17(23)10-6-15/h3-10,18,20H,2,11-13H2,1H3. The topological polar surface area (TPSA) is 46.6 Å². The maximum atomic E-state index is 13.4. The van der Waals surface area contributed by atoms with Gasteiger partial charge in [0.15, 0.2) is 0 Å². The molecule has 0 N–H and O–H groups in total. The first-order valence-corrected chi connectivity index (χ1v) is 8.95. The van der Waals surface area contributed by atoms with Gasteiger partial charge in [-0.1, -0.05) is 24.3 Å². The Balaban J connectivity index is 1.97. The van der Waals surface area contributed by atoms with Crippen LogP contribution in [0.4, 0.5) is 13.6 Å². The highest BCUT2D eigenvalue weighted by molar-refractivity contribution is 5.85. The molecule has 0 saturated carbocycles. The molecule has 27 heavy (non-hydrogen) atoms. The summed E-state index contributed by atoms with van der Waals surface area (Å²) in [5.74, 6) is -1.65. The zero-order chi connectivity index (χ0) is 19.4. The second-order valence-corrected chi connectivity index (χ2v) is 6.55. The largest absolute Gasteiger partial charge is 0.450 e. The van der Waals surface area contributed by atoms with E-state index >= 15 is 0 Å². The molecule has 1 aliphatic rings. The van der Waals surface area contributed by atoms with Gasteiger partial charge in [0.25, 0.3) is 0 Å². The Kier molecular flexibility index (Phi) is 5.84. The van der Waals surface area contributed by atoms with Gasteiger partial charge in [0.1, 0.15) is 17.4 Å². The average Bonchev–Trinajstić information content (AvgIpc) is 2.66. The predicted molar refractivity (Wildman–Crippen MR) is 96.4 cm³/mol. The van der Waals surface area contributed by atoms with Gasteiger partial charge in [-0.15, -0.1) is 0 Å². The molecule has 1 unspecified atom stereocenters. The Morgan fingerprint density at radius 3 is 2.07 bits per heavy atom. The third kappa shape index (κ3) is 4.32. The SMILES string of the molecule is CCOC(=O)N1CCC(=O)C(C(c2ccc(F)cc2)c2ccc(F)cc2)C1. The number of likely N-dealkylation sites (tertiary alicyclic amines) is 1. The van der Waals surface area contributed by atoms with Gasteiger partial charge in [0, 0.05) is 31.3 Å². The van der Waals surface area contributed by atoms with Crippen LogP contribution in [-0.2, 0) is 9.53 Å². The monoisotopic (exact) mass is 373 g/mol. The van der Waals surface area contributed by atoms with E-state index in [9.17, 15) is 18.4 Å². The maximum Gasteiger partial charge on any atom is 0.409 e. The van der Waals surface area contributed by atoms with Crippen molar-refractivity contribution in [3.05, 3.63) is 71.3 Å². The number of rotatable bonds is 4. The molecule has 0 spiro atoms. The van der Waals surface area contributed by atoms with Gasteiger partial charge >= 0.3 is 6.09 Å². The number of hydrogen-bond acceptors (Lipinski definition) is 3. The number of amides is 1. The van der Waals surface area contributed by atoms with Crippen LogP contribution in [-0.4, -0.2) is 36.5 Å². The summed E-state index contributed by atoms with van der Waals surface area (Å²) in [4.78, 5) is 26.4. The third-order valence-electron chi connectivity index (χ3n) is 4.85. The van der Waals surface area contributed by atoms with Crippen LogP contribution in [0.3, 0.4) is 0 Å². The maximum absolute atomic E-state index is 13.4. The van der Waals surface area contributed by atoms with Crippen molar-refractivity contribution >= 4 is 11.9 Å². The summed E-state index contributed by atoms with van der Waals surface area (Å²) in [5.41, 5.74) is 1.49. The summed E-state index contributed by atoms with van der Waals surface area (Å²) < 4.78 is 31.8. The van der Waals surface area contributed by atoms with Crippen molar-refractivity contribution in [3.8, 4) is 0 Å². The fourth-order valence-corrected chi connectivity index (χ4v) is 3.53. The van der Waals surface area contributed by atoms with Gasteiger partial charge in [-0.05, 0) is 42.3 Å². The number of ketones is 1. The lowest BCUT2D eigenvalue weighted by Crippen LogP contribution is -2.46. The summed E-state index contributed by atoms with van der Waals surface area (Å²) in [7, 11) is 0. The van der Waals surface area contributed by atoms with E-state index in [-0.39, 0.29) is 37.0 Å². The van der Waals surface area contributed by atoms with Gasteiger partial charge in [-0.25, -0.2) is 13.6 Å². The second kappa shape index (κ2) is 8.29. The summed E-state index contributed by atoms with van der Waals surface area (Å²) in [6.45, 7) is 2.50. The fraction of sp³-hybridized carbons (Fsp3) is 0.333. The van der Waals surface area contributed by atoms with E-state index in [0.29, 0.717) is 6.54 Å². The molecule has 0 aromatic heterocycles. The summed E-state index contributed by atoms with van der Waals surface area (Å²) >= 11 is 0. The molecule has 0 aliphatic carbocycles. The van der Waals surface area contributed by atoms with E-state index < -0.39 is 17.9 Å². The van der Waals surface area contributed by atoms with E-state index in [4.69, 9.17) is 4.74 Å². The molecule has 1 saturated heterocycles. The molecule has 0 bridgehead atoms. The Bertz CT molecular complexity index is 760. The third-order valence-corrected chi connectivity index (χ3v) is 4.85. The fourth-order valence-electron chi connectivity index (χ4n) is 3.53. The smallest absolute Gasteiger partial charge is 0.409 e. The minimum Gasteiger partial charge on any atom is -0.450 e. The van der Waals surface area contributed by atoms with Crippen LogP contribution in [0.5, 0.6) is 0 Å². The Labute approximate surface area is 156 Å². The van der Waals surface area contributed by atoms with Crippen LogP contribution >= 0.6 is 0 Å². The minimum atomic E-state index is -0.515. The molecule has 4 nitrogen and oxygen atoms in total. The number of Topliss-reactive ketones (excluding diaryl/α,β-unsaturated/α-hetero) is 1. The summed E-state index contributed by atoms with van der Waals surface area (Å²) in [6, 6.07) is 11.8. The van der Waals surface area contributed by atoms with Crippen molar-refractivity contribution < 1.29 is 23.1 Å². The molecule has 1 aliphatic heterocycles. The summed E-state index contributed by atoms with van der Waals surface area (Å²) in [6.07, 6.45) is -0.227. The first kappa shape index (κ1) is 19.0. The first-order chi connectivity index (χ1) is 13.0. The normalized spacial score (nSPS) is 17.3. The zero-order valence-corrected chi connectivity index (χ0v) is 15.0. The van der Waals surface area contributed by atoms with Gasteiger partial charge in [0.05, 0.1) is 6.61 Å². The lowest BCUT2D eigenvalue weighted by atomic mass is 9.76. The van der Waals surface area contributed by atoms with Crippen molar-refractivity contribution in [3.63, 3.8) is 0 Å². The van der Waals surface area contributed by atoms with Crippen LogP contribution in [0.15, 0.2) is 48.5 Å². The minimum absolute atomic E-state index is 0.0224. The first-order valence-electron chi connectivity index (χ1n) is 8.95. The van der Waals surface area contributed by atoms with Crippen LogP contribution < -0.4 is 0 Å². The molecule has 1 heterocycles. The van der Waals surface area contributed by atoms with Crippen LogP contribution in [0, 0.1) is 17.6 Å². The predicted octanol–water partition coefficient (Wildman–Crippen LogP) is 4.14. The van der Waals surface area contributed by atoms with Crippen LogP contribution in [0.2, 0.25) is 0 Å². The average molecular weight is 373 g/mol. The second-order valence-electron chi connectivity index (χ2n) is 6.55. The van der Waals surface area contributed by atoms with Crippen molar-refractivity contribution in [2.75, 3.05) is 19.7 Å². The zero-order valence-electron chi connectivity index (χ0n) is 15.0. The molecule has 0 radical (unpaired) electrons. The molecule has 142 valence electrons. The molecule has 1 amide bonds. The number of nitrogens with zero attached hydrogens (tertiary/aromatic N) is 1. The molecular weight excluding hydrogens is 352 g/mol. The van der Waals surface area contributed by atoms with Crippen LogP contribution in [0.25, 0.3) is 0 Å². The number of benzene rings is 2. The molecule has 6 heteroatoms. The van der Waals surface area contributed by atoms with E-state index in [1.54, 1.807) is 31.2 Å². The number of carbonyl (C=O) groups is 2. The molecular formula is C21H21F2NO3. The van der Waals surface area contributed by atoms with E-state index in [0.717, 1.165) is 11.1 Å². The van der Waals surface area contributed by atoms with E-state index in [2.05, 4.69) is 0 Å². The molecule has 1 atom stereocenters. The molecule has 2 aromatic rings. The number of hydrogen-bond donors (Lipinski definition) is 0. The van der Waals surface area contributed by atoms with E-state index in [1.807, 2.05) is 0 Å². The number of carbonyl (C=O) groups excluding carboxylic acids is 2. The van der Waals surface area contributed by atoms with Gasteiger partial charge in [0.2, 0.25) is 0 Å². The van der Waals surface area contributed by atoms with Gasteiger partial charge in [-0.3, -0.25) is 4.79 Å². The lowest BCUT2D eigenvalue weighted by molar-refractivity contribution is -0.126. The van der Waals surface area contributed by atoms with Crippen molar-refractivity contribution in [1.82, 2.24) is 4.90 Å². The van der Waals surface area contributed by atoms with Crippen molar-refractivity contribution in [1.29, 1.82) is 0 Å². The Morgan fingerprint density at radius 2 is 1.59 bits per heavy atom. The number of halogens is 2. The van der Waals surface area contributed by atoms with Crippen LogP contribution in [0.1, 0.15) is 30.4 Å².